The van der Waals surface area contributed by atoms with Crippen molar-refractivity contribution in [3.63, 3.8) is 0 Å². The fourth-order valence-electron chi connectivity index (χ4n) is 2.65. The van der Waals surface area contributed by atoms with Crippen molar-refractivity contribution in [1.29, 1.82) is 0 Å². The SMILES string of the molecule is CC(C)NCc1ccc(N(C)CC2CCCCO2)c(Br)c1. The van der Waals surface area contributed by atoms with Crippen LogP contribution in [0.15, 0.2) is 22.7 Å². The van der Waals surface area contributed by atoms with Gasteiger partial charge in [0.15, 0.2) is 0 Å². The molecule has 0 bridgehead atoms. The first-order valence-electron chi connectivity index (χ1n) is 7.91. The molecular formula is C17H27BrN2O. The molecule has 0 aliphatic carbocycles. The summed E-state index contributed by atoms with van der Waals surface area (Å²) in [5.41, 5.74) is 2.54. The Kier molecular flexibility index (Phi) is 6.52. The van der Waals surface area contributed by atoms with Crippen LogP contribution in [0.5, 0.6) is 0 Å². The van der Waals surface area contributed by atoms with Gasteiger partial charge in [-0.05, 0) is 52.9 Å². The number of rotatable bonds is 6. The largest absolute Gasteiger partial charge is 0.376 e. The van der Waals surface area contributed by atoms with E-state index in [0.29, 0.717) is 12.1 Å². The van der Waals surface area contributed by atoms with Crippen molar-refractivity contribution < 1.29 is 4.74 Å². The molecule has 0 spiro atoms. The zero-order chi connectivity index (χ0) is 15.2. The van der Waals surface area contributed by atoms with E-state index in [9.17, 15) is 0 Å². The zero-order valence-electron chi connectivity index (χ0n) is 13.4. The summed E-state index contributed by atoms with van der Waals surface area (Å²) in [4.78, 5) is 2.29. The van der Waals surface area contributed by atoms with E-state index in [1.54, 1.807) is 0 Å². The summed E-state index contributed by atoms with van der Waals surface area (Å²) in [5, 5.41) is 3.45. The van der Waals surface area contributed by atoms with Crippen LogP contribution in [0.4, 0.5) is 5.69 Å². The Labute approximate surface area is 137 Å². The lowest BCUT2D eigenvalue weighted by molar-refractivity contribution is 0.0216. The number of anilines is 1. The van der Waals surface area contributed by atoms with E-state index in [1.807, 2.05) is 0 Å². The molecule has 1 atom stereocenters. The molecular weight excluding hydrogens is 328 g/mol. The van der Waals surface area contributed by atoms with Crippen LogP contribution < -0.4 is 10.2 Å². The standard InChI is InChI=1S/C17H27BrN2O/c1-13(2)19-11-14-7-8-17(16(18)10-14)20(3)12-15-6-4-5-9-21-15/h7-8,10,13,15,19H,4-6,9,11-12H2,1-3H3. The van der Waals surface area contributed by atoms with E-state index in [4.69, 9.17) is 4.74 Å². The maximum atomic E-state index is 5.83. The third kappa shape index (κ3) is 5.28. The van der Waals surface area contributed by atoms with Crippen molar-refractivity contribution in [3.05, 3.63) is 28.2 Å². The average molecular weight is 355 g/mol. The highest BCUT2D eigenvalue weighted by Gasteiger charge is 2.17. The van der Waals surface area contributed by atoms with Crippen molar-refractivity contribution in [3.8, 4) is 0 Å². The molecule has 0 radical (unpaired) electrons. The van der Waals surface area contributed by atoms with Gasteiger partial charge in [0.05, 0.1) is 11.8 Å². The Morgan fingerprint density at radius 1 is 1.38 bits per heavy atom. The van der Waals surface area contributed by atoms with E-state index < -0.39 is 0 Å². The molecule has 3 nitrogen and oxygen atoms in total. The third-order valence-corrected chi connectivity index (χ3v) is 4.52. The summed E-state index contributed by atoms with van der Waals surface area (Å²) in [6.07, 6.45) is 4.05. The van der Waals surface area contributed by atoms with Gasteiger partial charge in [-0.25, -0.2) is 0 Å². The Hall–Kier alpha value is -0.580. The van der Waals surface area contributed by atoms with E-state index in [0.717, 1.165) is 24.2 Å². The Morgan fingerprint density at radius 2 is 2.19 bits per heavy atom. The molecule has 0 amide bonds. The molecule has 2 rings (SSSR count). The zero-order valence-corrected chi connectivity index (χ0v) is 14.9. The maximum absolute atomic E-state index is 5.83. The van der Waals surface area contributed by atoms with Crippen LogP contribution in [0, 0.1) is 0 Å². The second-order valence-electron chi connectivity index (χ2n) is 6.19. The average Bonchev–Trinajstić information content (AvgIpc) is 2.46. The normalized spacial score (nSPS) is 19.0. The van der Waals surface area contributed by atoms with E-state index in [2.05, 4.69) is 65.2 Å². The van der Waals surface area contributed by atoms with E-state index in [1.165, 1.54) is 30.5 Å². The quantitative estimate of drug-likeness (QED) is 0.836. The molecule has 21 heavy (non-hydrogen) atoms. The molecule has 118 valence electrons. The molecule has 1 fully saturated rings. The van der Waals surface area contributed by atoms with Gasteiger partial charge in [0.25, 0.3) is 0 Å². The molecule has 1 aromatic rings. The first-order chi connectivity index (χ1) is 10.1. The first kappa shape index (κ1) is 16.8. The van der Waals surface area contributed by atoms with Crippen LogP contribution in [0.3, 0.4) is 0 Å². The van der Waals surface area contributed by atoms with Crippen LogP contribution in [0.2, 0.25) is 0 Å². The minimum absolute atomic E-state index is 0.373. The summed E-state index contributed by atoms with van der Waals surface area (Å²) in [6.45, 7) is 7.12. The number of hydrogen-bond donors (Lipinski definition) is 1. The summed E-state index contributed by atoms with van der Waals surface area (Å²) in [6, 6.07) is 7.12. The molecule has 1 N–H and O–H groups in total. The molecule has 1 aromatic carbocycles. The monoisotopic (exact) mass is 354 g/mol. The van der Waals surface area contributed by atoms with Crippen molar-refractivity contribution in [2.75, 3.05) is 25.1 Å². The summed E-state index contributed by atoms with van der Waals surface area (Å²) in [5.74, 6) is 0. The van der Waals surface area contributed by atoms with Crippen molar-refractivity contribution in [1.82, 2.24) is 5.32 Å². The van der Waals surface area contributed by atoms with Crippen molar-refractivity contribution in [2.24, 2.45) is 0 Å². The molecule has 1 aliphatic heterocycles. The number of nitrogens with zero attached hydrogens (tertiary/aromatic N) is 1. The number of nitrogens with one attached hydrogen (secondary N) is 1. The topological polar surface area (TPSA) is 24.5 Å². The summed E-state index contributed by atoms with van der Waals surface area (Å²) >= 11 is 3.71. The van der Waals surface area contributed by atoms with Crippen LogP contribution in [0.25, 0.3) is 0 Å². The molecule has 0 aromatic heterocycles. The number of ether oxygens (including phenoxy) is 1. The predicted molar refractivity (Wildman–Crippen MR) is 93.0 cm³/mol. The molecule has 1 saturated heterocycles. The second-order valence-corrected chi connectivity index (χ2v) is 7.04. The van der Waals surface area contributed by atoms with Crippen molar-refractivity contribution in [2.45, 2.75) is 51.8 Å². The molecule has 1 unspecified atom stereocenters. The number of halogens is 1. The minimum atomic E-state index is 0.373. The van der Waals surface area contributed by atoms with E-state index >= 15 is 0 Å². The Morgan fingerprint density at radius 3 is 2.81 bits per heavy atom. The van der Waals surface area contributed by atoms with Crippen molar-refractivity contribution >= 4 is 21.6 Å². The Balaban J connectivity index is 1.95. The lowest BCUT2D eigenvalue weighted by Gasteiger charge is -2.29. The predicted octanol–water partition coefficient (Wildman–Crippen LogP) is 3.95. The molecule has 4 heteroatoms. The summed E-state index contributed by atoms with van der Waals surface area (Å²) < 4.78 is 6.99. The van der Waals surface area contributed by atoms with Gasteiger partial charge in [-0.3, -0.25) is 0 Å². The van der Waals surface area contributed by atoms with E-state index in [-0.39, 0.29) is 0 Å². The van der Waals surface area contributed by atoms with Gasteiger partial charge < -0.3 is 15.0 Å². The highest BCUT2D eigenvalue weighted by atomic mass is 79.9. The van der Waals surface area contributed by atoms with Gasteiger partial charge in [0, 0.05) is 37.3 Å². The van der Waals surface area contributed by atoms with Crippen LogP contribution in [-0.2, 0) is 11.3 Å². The van der Waals surface area contributed by atoms with Gasteiger partial charge in [-0.2, -0.15) is 0 Å². The van der Waals surface area contributed by atoms with Gasteiger partial charge in [0.1, 0.15) is 0 Å². The highest BCUT2D eigenvalue weighted by Crippen LogP contribution is 2.27. The fourth-order valence-corrected chi connectivity index (χ4v) is 3.38. The lowest BCUT2D eigenvalue weighted by Crippen LogP contribution is -2.33. The van der Waals surface area contributed by atoms with Crippen LogP contribution in [0.1, 0.15) is 38.7 Å². The van der Waals surface area contributed by atoms with Crippen LogP contribution >= 0.6 is 15.9 Å². The molecule has 1 heterocycles. The number of benzene rings is 1. The summed E-state index contributed by atoms with van der Waals surface area (Å²) in [7, 11) is 2.14. The number of likely N-dealkylation sites (N-methyl/N-ethyl adjacent to an activating group) is 1. The third-order valence-electron chi connectivity index (χ3n) is 3.89. The molecule has 1 aliphatic rings. The van der Waals surface area contributed by atoms with Crippen LogP contribution in [-0.4, -0.2) is 32.3 Å². The smallest absolute Gasteiger partial charge is 0.0749 e. The van der Waals surface area contributed by atoms with Gasteiger partial charge in [-0.1, -0.05) is 19.9 Å². The Bertz CT molecular complexity index is 444. The minimum Gasteiger partial charge on any atom is -0.376 e. The van der Waals surface area contributed by atoms with Gasteiger partial charge in [-0.15, -0.1) is 0 Å². The number of hydrogen-bond acceptors (Lipinski definition) is 3. The highest BCUT2D eigenvalue weighted by molar-refractivity contribution is 9.10. The van der Waals surface area contributed by atoms with Gasteiger partial charge in [0.2, 0.25) is 0 Å². The second kappa shape index (κ2) is 8.16. The fraction of sp³-hybridized carbons (Fsp3) is 0.647. The molecule has 0 saturated carbocycles. The maximum Gasteiger partial charge on any atom is 0.0749 e. The van der Waals surface area contributed by atoms with Gasteiger partial charge >= 0.3 is 0 Å². The lowest BCUT2D eigenvalue weighted by atomic mass is 10.1. The first-order valence-corrected chi connectivity index (χ1v) is 8.70.